The molecule has 0 aromatic heterocycles. The maximum Gasteiger partial charge on any atom is 0.306 e. The van der Waals surface area contributed by atoms with Crippen LogP contribution in [0.3, 0.4) is 0 Å². The van der Waals surface area contributed by atoms with E-state index in [0.717, 1.165) is 51.4 Å². The Labute approximate surface area is 349 Å². The minimum absolute atomic E-state index is 0.0851. The molecular formula is C51H96O5. The Hall–Kier alpha value is -1.62. The van der Waals surface area contributed by atoms with E-state index >= 15 is 0 Å². The number of ether oxygens (including phenoxy) is 3. The number of hydrogen-bond acceptors (Lipinski definition) is 5. The van der Waals surface area contributed by atoms with E-state index in [1.807, 2.05) is 0 Å². The molecule has 56 heavy (non-hydrogen) atoms. The molecule has 1 atom stereocenters. The molecule has 0 aliphatic heterocycles. The van der Waals surface area contributed by atoms with Crippen LogP contribution < -0.4 is 0 Å². The summed E-state index contributed by atoms with van der Waals surface area (Å²) < 4.78 is 17.3. The van der Waals surface area contributed by atoms with Crippen molar-refractivity contribution in [3.05, 3.63) is 24.3 Å². The minimum atomic E-state index is -0.533. The Balaban J connectivity index is 4.15. The van der Waals surface area contributed by atoms with Crippen molar-refractivity contribution < 1.29 is 23.8 Å². The number of allylic oxidation sites excluding steroid dienone is 4. The zero-order chi connectivity index (χ0) is 40.7. The molecule has 1 unspecified atom stereocenters. The first-order chi connectivity index (χ1) is 27.6. The third kappa shape index (κ3) is 45.1. The fraction of sp³-hybridized carbons (Fsp3) is 0.882. The largest absolute Gasteiger partial charge is 0.462 e. The summed E-state index contributed by atoms with van der Waals surface area (Å²) in [5.41, 5.74) is 0. The van der Waals surface area contributed by atoms with E-state index in [-0.39, 0.29) is 25.2 Å². The van der Waals surface area contributed by atoms with Crippen molar-refractivity contribution in [1.29, 1.82) is 0 Å². The Bertz CT molecular complexity index is 851. The Morgan fingerprint density at radius 3 is 1.09 bits per heavy atom. The Morgan fingerprint density at radius 2 is 0.696 bits per heavy atom. The van der Waals surface area contributed by atoms with Gasteiger partial charge in [-0.05, 0) is 70.6 Å². The molecule has 330 valence electrons. The average molecular weight is 789 g/mol. The lowest BCUT2D eigenvalue weighted by Crippen LogP contribution is -2.30. The molecule has 0 N–H and O–H groups in total. The van der Waals surface area contributed by atoms with Crippen LogP contribution in [-0.2, 0) is 23.8 Å². The third-order valence-corrected chi connectivity index (χ3v) is 11.0. The predicted molar refractivity (Wildman–Crippen MR) is 242 cm³/mol. The normalized spacial score (nSPS) is 12.3. The predicted octanol–water partition coefficient (Wildman–Crippen LogP) is 16.5. The van der Waals surface area contributed by atoms with Gasteiger partial charge in [0, 0.05) is 19.4 Å². The lowest BCUT2D eigenvalue weighted by atomic mass is 10.1. The highest BCUT2D eigenvalue weighted by Gasteiger charge is 2.17. The molecule has 0 radical (unpaired) electrons. The molecule has 0 bridgehead atoms. The van der Waals surface area contributed by atoms with Crippen LogP contribution in [0.2, 0.25) is 0 Å². The van der Waals surface area contributed by atoms with Crippen LogP contribution in [0.5, 0.6) is 0 Å². The number of carbonyl (C=O) groups is 2. The van der Waals surface area contributed by atoms with Crippen molar-refractivity contribution in [3.8, 4) is 0 Å². The van der Waals surface area contributed by atoms with Crippen LogP contribution in [0.25, 0.3) is 0 Å². The van der Waals surface area contributed by atoms with Crippen molar-refractivity contribution in [2.45, 2.75) is 271 Å². The van der Waals surface area contributed by atoms with Gasteiger partial charge in [-0.1, -0.05) is 206 Å². The molecule has 0 saturated heterocycles. The van der Waals surface area contributed by atoms with Crippen molar-refractivity contribution in [1.82, 2.24) is 0 Å². The lowest BCUT2D eigenvalue weighted by molar-refractivity contribution is -0.163. The number of rotatable bonds is 46. The van der Waals surface area contributed by atoms with E-state index < -0.39 is 6.10 Å². The second-order valence-corrected chi connectivity index (χ2v) is 16.7. The molecule has 0 aromatic rings. The van der Waals surface area contributed by atoms with E-state index in [1.54, 1.807) is 0 Å². The van der Waals surface area contributed by atoms with Gasteiger partial charge in [-0.25, -0.2) is 0 Å². The number of carbonyl (C=O) groups excluding carboxylic acids is 2. The standard InChI is InChI=1S/C51H96O5/c1-4-7-10-13-16-19-21-23-25-26-28-29-31-33-35-38-41-44-50(52)55-48-49(47-54-46-43-40-37-18-15-12-9-6-3)56-51(53)45-42-39-36-34-32-30-27-24-22-20-17-14-11-8-5-2/h23-25,27,49H,4-22,26,28-48H2,1-3H3/b25-23-,27-24-. The zero-order valence-electron chi connectivity index (χ0n) is 37.9. The average Bonchev–Trinajstić information content (AvgIpc) is 3.20. The van der Waals surface area contributed by atoms with Gasteiger partial charge in [0.1, 0.15) is 6.61 Å². The van der Waals surface area contributed by atoms with Crippen molar-refractivity contribution in [2.24, 2.45) is 0 Å². The zero-order valence-corrected chi connectivity index (χ0v) is 37.9. The molecule has 5 nitrogen and oxygen atoms in total. The summed E-state index contributed by atoms with van der Waals surface area (Å²) in [6.07, 6.45) is 54.7. The fourth-order valence-electron chi connectivity index (χ4n) is 7.21. The summed E-state index contributed by atoms with van der Waals surface area (Å²) in [5.74, 6) is -0.400. The first-order valence-electron chi connectivity index (χ1n) is 24.9. The quantitative estimate of drug-likeness (QED) is 0.0349. The second kappa shape index (κ2) is 47.8. The molecule has 5 heteroatoms. The molecule has 0 aromatic carbocycles. The van der Waals surface area contributed by atoms with Crippen LogP contribution >= 0.6 is 0 Å². The van der Waals surface area contributed by atoms with Crippen LogP contribution in [0.4, 0.5) is 0 Å². The molecule has 0 rings (SSSR count). The van der Waals surface area contributed by atoms with Gasteiger partial charge in [0.15, 0.2) is 6.10 Å². The summed E-state index contributed by atoms with van der Waals surface area (Å²) in [5, 5.41) is 0. The van der Waals surface area contributed by atoms with Gasteiger partial charge in [-0.15, -0.1) is 0 Å². The summed E-state index contributed by atoms with van der Waals surface area (Å²) in [6, 6.07) is 0. The lowest BCUT2D eigenvalue weighted by Gasteiger charge is -2.18. The van der Waals surface area contributed by atoms with Crippen LogP contribution in [0, 0.1) is 0 Å². The van der Waals surface area contributed by atoms with E-state index in [9.17, 15) is 9.59 Å². The van der Waals surface area contributed by atoms with Crippen molar-refractivity contribution in [3.63, 3.8) is 0 Å². The summed E-state index contributed by atoms with van der Waals surface area (Å²) in [6.45, 7) is 7.83. The van der Waals surface area contributed by atoms with E-state index in [4.69, 9.17) is 14.2 Å². The molecule has 0 spiro atoms. The van der Waals surface area contributed by atoms with Crippen molar-refractivity contribution >= 4 is 11.9 Å². The Morgan fingerprint density at radius 1 is 0.375 bits per heavy atom. The maximum absolute atomic E-state index is 12.7. The molecular weight excluding hydrogens is 693 g/mol. The SMILES string of the molecule is CCCCCCCC/C=C\CCCCCCCCCC(=O)OCC(COCCCCCCCCCC)OC(=O)CCCCCCC/C=C\CCCCCCCC. The van der Waals surface area contributed by atoms with E-state index in [0.29, 0.717) is 19.4 Å². The van der Waals surface area contributed by atoms with Gasteiger partial charge in [0.2, 0.25) is 0 Å². The smallest absolute Gasteiger partial charge is 0.306 e. The number of hydrogen-bond donors (Lipinski definition) is 0. The second-order valence-electron chi connectivity index (χ2n) is 16.7. The van der Waals surface area contributed by atoms with Crippen LogP contribution in [0.1, 0.15) is 265 Å². The maximum atomic E-state index is 12.7. The van der Waals surface area contributed by atoms with Crippen LogP contribution in [0.15, 0.2) is 24.3 Å². The van der Waals surface area contributed by atoms with Gasteiger partial charge in [0.05, 0.1) is 6.61 Å². The van der Waals surface area contributed by atoms with E-state index in [2.05, 4.69) is 45.1 Å². The number of esters is 2. The van der Waals surface area contributed by atoms with Gasteiger partial charge in [0.25, 0.3) is 0 Å². The van der Waals surface area contributed by atoms with Gasteiger partial charge in [-0.2, -0.15) is 0 Å². The van der Waals surface area contributed by atoms with Gasteiger partial charge in [-0.3, -0.25) is 9.59 Å². The highest BCUT2D eigenvalue weighted by atomic mass is 16.6. The molecule has 0 heterocycles. The summed E-state index contributed by atoms with van der Waals surface area (Å²) in [7, 11) is 0. The molecule has 0 fully saturated rings. The fourth-order valence-corrected chi connectivity index (χ4v) is 7.21. The minimum Gasteiger partial charge on any atom is -0.462 e. The summed E-state index contributed by atoms with van der Waals surface area (Å²) >= 11 is 0. The molecule has 0 aliphatic rings. The first kappa shape index (κ1) is 54.4. The molecule has 0 saturated carbocycles. The van der Waals surface area contributed by atoms with Crippen LogP contribution in [-0.4, -0.2) is 37.9 Å². The third-order valence-electron chi connectivity index (χ3n) is 11.0. The van der Waals surface area contributed by atoms with Gasteiger partial charge < -0.3 is 14.2 Å². The molecule has 0 aliphatic carbocycles. The van der Waals surface area contributed by atoms with Crippen molar-refractivity contribution in [2.75, 3.05) is 19.8 Å². The highest BCUT2D eigenvalue weighted by Crippen LogP contribution is 2.14. The highest BCUT2D eigenvalue weighted by molar-refractivity contribution is 5.70. The Kier molecular flexibility index (Phi) is 46.4. The topological polar surface area (TPSA) is 61.8 Å². The molecule has 0 amide bonds. The summed E-state index contributed by atoms with van der Waals surface area (Å²) in [4.78, 5) is 25.3. The monoisotopic (exact) mass is 789 g/mol. The number of unbranched alkanes of at least 4 members (excludes halogenated alkanes) is 31. The van der Waals surface area contributed by atoms with E-state index in [1.165, 1.54) is 180 Å². The van der Waals surface area contributed by atoms with Gasteiger partial charge >= 0.3 is 11.9 Å². The first-order valence-corrected chi connectivity index (χ1v) is 24.9.